The third kappa shape index (κ3) is 6.61. The maximum Gasteiger partial charge on any atom is 0.239 e. The van der Waals surface area contributed by atoms with Crippen molar-refractivity contribution in [1.82, 2.24) is 10.2 Å². The van der Waals surface area contributed by atoms with E-state index < -0.39 is 0 Å². The summed E-state index contributed by atoms with van der Waals surface area (Å²) < 4.78 is 5.09. The summed E-state index contributed by atoms with van der Waals surface area (Å²) >= 11 is 0. The molecule has 0 fully saturated rings. The van der Waals surface area contributed by atoms with Gasteiger partial charge in [0.2, 0.25) is 11.8 Å². The zero-order valence-electron chi connectivity index (χ0n) is 13.7. The molecule has 0 spiro atoms. The number of ether oxygens (including phenoxy) is 1. The lowest BCUT2D eigenvalue weighted by Crippen LogP contribution is -2.40. The SMILES string of the molecule is CCCCCN(CC(=O)NCc1ccc(OC)cc1)C(C)=O. The van der Waals surface area contributed by atoms with Crippen molar-refractivity contribution >= 4 is 11.8 Å². The fourth-order valence-electron chi connectivity index (χ4n) is 2.07. The van der Waals surface area contributed by atoms with Crippen molar-refractivity contribution in [2.45, 2.75) is 39.7 Å². The first-order valence-electron chi connectivity index (χ1n) is 7.72. The monoisotopic (exact) mass is 306 g/mol. The van der Waals surface area contributed by atoms with Crippen LogP contribution in [0, 0.1) is 0 Å². The van der Waals surface area contributed by atoms with Crippen molar-refractivity contribution in [3.8, 4) is 5.75 Å². The van der Waals surface area contributed by atoms with E-state index in [2.05, 4.69) is 12.2 Å². The quantitative estimate of drug-likeness (QED) is 0.713. The van der Waals surface area contributed by atoms with Gasteiger partial charge in [0.15, 0.2) is 0 Å². The molecule has 1 aromatic rings. The van der Waals surface area contributed by atoms with E-state index in [0.29, 0.717) is 13.1 Å². The number of hydrogen-bond donors (Lipinski definition) is 1. The fourth-order valence-corrected chi connectivity index (χ4v) is 2.07. The average molecular weight is 306 g/mol. The largest absolute Gasteiger partial charge is 0.497 e. The molecule has 0 saturated carbocycles. The van der Waals surface area contributed by atoms with E-state index in [1.807, 2.05) is 24.3 Å². The molecule has 1 N–H and O–H groups in total. The van der Waals surface area contributed by atoms with Gasteiger partial charge in [0, 0.05) is 20.0 Å². The number of unbranched alkanes of at least 4 members (excludes halogenated alkanes) is 2. The number of hydrogen-bond acceptors (Lipinski definition) is 3. The minimum absolute atomic E-state index is 0.0595. The minimum atomic E-state index is -0.137. The summed E-state index contributed by atoms with van der Waals surface area (Å²) in [6.07, 6.45) is 3.09. The molecule has 22 heavy (non-hydrogen) atoms. The number of rotatable bonds is 9. The molecule has 2 amide bonds. The average Bonchev–Trinajstić information content (AvgIpc) is 2.52. The van der Waals surface area contributed by atoms with E-state index in [1.165, 1.54) is 6.92 Å². The van der Waals surface area contributed by atoms with E-state index in [1.54, 1.807) is 12.0 Å². The molecule has 0 bridgehead atoms. The van der Waals surface area contributed by atoms with Gasteiger partial charge in [-0.1, -0.05) is 31.9 Å². The maximum absolute atomic E-state index is 12.0. The number of benzene rings is 1. The molecule has 5 heteroatoms. The molecule has 1 aromatic carbocycles. The summed E-state index contributed by atoms with van der Waals surface area (Å²) in [5.74, 6) is 0.590. The van der Waals surface area contributed by atoms with Crippen molar-refractivity contribution in [3.63, 3.8) is 0 Å². The van der Waals surface area contributed by atoms with Crippen LogP contribution in [0.15, 0.2) is 24.3 Å². The van der Waals surface area contributed by atoms with Crippen LogP contribution in [0.2, 0.25) is 0 Å². The molecular formula is C17H26N2O3. The van der Waals surface area contributed by atoms with Crippen molar-refractivity contribution in [2.75, 3.05) is 20.2 Å². The normalized spacial score (nSPS) is 10.1. The van der Waals surface area contributed by atoms with Crippen LogP contribution in [0.5, 0.6) is 5.75 Å². The Bertz CT molecular complexity index is 471. The summed E-state index contributed by atoms with van der Waals surface area (Å²) in [6.45, 7) is 4.82. The van der Waals surface area contributed by atoms with Crippen LogP contribution in [0.3, 0.4) is 0 Å². The Morgan fingerprint density at radius 3 is 2.41 bits per heavy atom. The standard InChI is InChI=1S/C17H26N2O3/c1-4-5-6-11-19(14(2)20)13-17(21)18-12-15-7-9-16(22-3)10-8-15/h7-10H,4-6,11-13H2,1-3H3,(H,18,21). The van der Waals surface area contributed by atoms with Crippen LogP contribution >= 0.6 is 0 Å². The van der Waals surface area contributed by atoms with Crippen LogP contribution in [0.1, 0.15) is 38.7 Å². The van der Waals surface area contributed by atoms with E-state index in [4.69, 9.17) is 4.74 Å². The summed E-state index contributed by atoms with van der Waals surface area (Å²) in [5.41, 5.74) is 0.995. The Balaban J connectivity index is 2.40. The Kier molecular flexibility index (Phi) is 8.04. The molecule has 0 unspecified atom stereocenters. The summed E-state index contributed by atoms with van der Waals surface area (Å²) in [5, 5.41) is 2.84. The molecule has 1 rings (SSSR count). The minimum Gasteiger partial charge on any atom is -0.497 e. The maximum atomic E-state index is 12.0. The number of amides is 2. The predicted molar refractivity (Wildman–Crippen MR) is 86.6 cm³/mol. The number of methoxy groups -OCH3 is 1. The van der Waals surface area contributed by atoms with Crippen molar-refractivity contribution in [1.29, 1.82) is 0 Å². The molecule has 0 atom stereocenters. The van der Waals surface area contributed by atoms with E-state index in [-0.39, 0.29) is 18.4 Å². The lowest BCUT2D eigenvalue weighted by atomic mass is 10.2. The Hall–Kier alpha value is -2.04. The van der Waals surface area contributed by atoms with Gasteiger partial charge in [-0.25, -0.2) is 0 Å². The summed E-state index contributed by atoms with van der Waals surface area (Å²) in [4.78, 5) is 25.1. The van der Waals surface area contributed by atoms with Gasteiger partial charge < -0.3 is 15.0 Å². The second kappa shape index (κ2) is 9.82. The van der Waals surface area contributed by atoms with Gasteiger partial charge in [0.05, 0.1) is 13.7 Å². The van der Waals surface area contributed by atoms with E-state index in [0.717, 1.165) is 30.6 Å². The van der Waals surface area contributed by atoms with Crippen molar-refractivity contribution in [2.24, 2.45) is 0 Å². The first-order chi connectivity index (χ1) is 10.6. The van der Waals surface area contributed by atoms with Crippen molar-refractivity contribution in [3.05, 3.63) is 29.8 Å². The Labute approximate surface area is 132 Å². The topological polar surface area (TPSA) is 58.6 Å². The van der Waals surface area contributed by atoms with Gasteiger partial charge in [-0.2, -0.15) is 0 Å². The van der Waals surface area contributed by atoms with E-state index >= 15 is 0 Å². The van der Waals surface area contributed by atoms with Gasteiger partial charge >= 0.3 is 0 Å². The number of nitrogens with zero attached hydrogens (tertiary/aromatic N) is 1. The van der Waals surface area contributed by atoms with Gasteiger partial charge in [0.1, 0.15) is 5.75 Å². The summed E-state index contributed by atoms with van der Waals surface area (Å²) in [7, 11) is 1.62. The molecule has 0 aliphatic heterocycles. The molecular weight excluding hydrogens is 280 g/mol. The highest BCUT2D eigenvalue weighted by Gasteiger charge is 2.12. The Morgan fingerprint density at radius 2 is 1.86 bits per heavy atom. The van der Waals surface area contributed by atoms with Crippen LogP contribution in [0.25, 0.3) is 0 Å². The number of nitrogens with one attached hydrogen (secondary N) is 1. The smallest absolute Gasteiger partial charge is 0.239 e. The molecule has 0 radical (unpaired) electrons. The molecule has 0 aromatic heterocycles. The van der Waals surface area contributed by atoms with Gasteiger partial charge in [-0.05, 0) is 24.1 Å². The van der Waals surface area contributed by atoms with Crippen LogP contribution < -0.4 is 10.1 Å². The first kappa shape index (κ1) is 18.0. The Morgan fingerprint density at radius 1 is 1.18 bits per heavy atom. The molecule has 0 heterocycles. The number of carbonyl (C=O) groups excluding carboxylic acids is 2. The molecule has 0 aliphatic carbocycles. The highest BCUT2D eigenvalue weighted by atomic mass is 16.5. The zero-order chi connectivity index (χ0) is 16.4. The van der Waals surface area contributed by atoms with Crippen LogP contribution in [-0.2, 0) is 16.1 Å². The molecule has 0 saturated heterocycles. The van der Waals surface area contributed by atoms with Gasteiger partial charge in [-0.3, -0.25) is 9.59 Å². The van der Waals surface area contributed by atoms with E-state index in [9.17, 15) is 9.59 Å². The van der Waals surface area contributed by atoms with Gasteiger partial charge in [-0.15, -0.1) is 0 Å². The van der Waals surface area contributed by atoms with Crippen LogP contribution in [0.4, 0.5) is 0 Å². The fraction of sp³-hybridized carbons (Fsp3) is 0.529. The number of carbonyl (C=O) groups is 2. The summed E-state index contributed by atoms with van der Waals surface area (Å²) in [6, 6.07) is 7.52. The lowest BCUT2D eigenvalue weighted by molar-refractivity contribution is -0.134. The highest BCUT2D eigenvalue weighted by molar-refractivity contribution is 5.83. The lowest BCUT2D eigenvalue weighted by Gasteiger charge is -2.20. The van der Waals surface area contributed by atoms with Gasteiger partial charge in [0.25, 0.3) is 0 Å². The first-order valence-corrected chi connectivity index (χ1v) is 7.72. The zero-order valence-corrected chi connectivity index (χ0v) is 13.7. The third-order valence-electron chi connectivity index (χ3n) is 3.46. The van der Waals surface area contributed by atoms with Crippen molar-refractivity contribution < 1.29 is 14.3 Å². The predicted octanol–water partition coefficient (Wildman–Crippen LogP) is 2.35. The molecule has 122 valence electrons. The second-order valence-electron chi connectivity index (χ2n) is 5.27. The third-order valence-corrected chi connectivity index (χ3v) is 3.46. The highest BCUT2D eigenvalue weighted by Crippen LogP contribution is 2.10. The molecule has 0 aliphatic rings. The molecule has 5 nitrogen and oxygen atoms in total. The van der Waals surface area contributed by atoms with Crippen LogP contribution in [-0.4, -0.2) is 36.9 Å². The second-order valence-corrected chi connectivity index (χ2v) is 5.27.